The van der Waals surface area contributed by atoms with E-state index < -0.39 is 0 Å². The first kappa shape index (κ1) is 25.9. The molecular formula is C29H25IN2O3S. The maximum Gasteiger partial charge on any atom is 0.267 e. The van der Waals surface area contributed by atoms with Crippen LogP contribution in [0.3, 0.4) is 0 Å². The van der Waals surface area contributed by atoms with Crippen LogP contribution in [-0.2, 0) is 17.9 Å². The van der Waals surface area contributed by atoms with Gasteiger partial charge in [0.25, 0.3) is 5.91 Å². The van der Waals surface area contributed by atoms with Gasteiger partial charge in [0.15, 0.2) is 16.7 Å². The van der Waals surface area contributed by atoms with Gasteiger partial charge in [0.05, 0.1) is 28.2 Å². The van der Waals surface area contributed by atoms with E-state index in [0.717, 1.165) is 20.3 Å². The topological polar surface area (TPSA) is 51.1 Å². The molecule has 0 aromatic heterocycles. The highest BCUT2D eigenvalue weighted by atomic mass is 127. The van der Waals surface area contributed by atoms with E-state index in [2.05, 4.69) is 28.5 Å². The Morgan fingerprint density at radius 3 is 2.42 bits per heavy atom. The molecule has 0 radical (unpaired) electrons. The van der Waals surface area contributed by atoms with E-state index in [9.17, 15) is 4.79 Å². The molecule has 5 nitrogen and oxygen atoms in total. The molecule has 0 atom stereocenters. The number of terminal acetylenes is 1. The van der Waals surface area contributed by atoms with Crippen molar-refractivity contribution >= 4 is 51.5 Å². The monoisotopic (exact) mass is 608 g/mol. The van der Waals surface area contributed by atoms with E-state index >= 15 is 0 Å². The van der Waals surface area contributed by atoms with Crippen molar-refractivity contribution in [2.24, 2.45) is 4.99 Å². The number of nitrogens with zero attached hydrogens (tertiary/aromatic N) is 2. The summed E-state index contributed by atoms with van der Waals surface area (Å²) >= 11 is 3.59. The number of benzene rings is 3. The van der Waals surface area contributed by atoms with Gasteiger partial charge in [0.1, 0.15) is 6.61 Å². The van der Waals surface area contributed by atoms with E-state index in [1.807, 2.05) is 85.8 Å². The third-order valence-electron chi connectivity index (χ3n) is 5.24. The zero-order chi connectivity index (χ0) is 25.3. The van der Waals surface area contributed by atoms with Crippen molar-refractivity contribution in [1.29, 1.82) is 0 Å². The molecule has 1 fully saturated rings. The molecule has 0 N–H and O–H groups in total. The van der Waals surface area contributed by atoms with Gasteiger partial charge in [-0.15, -0.1) is 6.42 Å². The number of carbonyl (C=O) groups excluding carboxylic acids is 1. The predicted molar refractivity (Wildman–Crippen MR) is 155 cm³/mol. The minimum absolute atomic E-state index is 0.0729. The highest BCUT2D eigenvalue weighted by Gasteiger charge is 2.33. The number of hydrogen-bond acceptors (Lipinski definition) is 5. The summed E-state index contributed by atoms with van der Waals surface area (Å²) in [4.78, 5) is 20.7. The smallest absolute Gasteiger partial charge is 0.267 e. The number of rotatable bonds is 9. The molecule has 3 aromatic carbocycles. The first-order chi connectivity index (χ1) is 17.6. The number of halogens is 1. The van der Waals surface area contributed by atoms with Gasteiger partial charge in [-0.2, -0.15) is 0 Å². The van der Waals surface area contributed by atoms with Crippen molar-refractivity contribution in [2.45, 2.75) is 20.0 Å². The van der Waals surface area contributed by atoms with Gasteiger partial charge >= 0.3 is 0 Å². The van der Waals surface area contributed by atoms with E-state index in [0.29, 0.717) is 41.3 Å². The fourth-order valence-electron chi connectivity index (χ4n) is 3.61. The van der Waals surface area contributed by atoms with Gasteiger partial charge in [-0.1, -0.05) is 66.6 Å². The van der Waals surface area contributed by atoms with Crippen molar-refractivity contribution in [3.05, 3.63) is 98.0 Å². The molecule has 1 amide bonds. The molecule has 0 saturated carbocycles. The average molecular weight is 609 g/mol. The number of aliphatic imine (C=N–C) groups is 1. The molecule has 1 heterocycles. The highest BCUT2D eigenvalue weighted by Crippen LogP contribution is 2.38. The number of amides is 1. The summed E-state index contributed by atoms with van der Waals surface area (Å²) in [7, 11) is 0. The van der Waals surface area contributed by atoms with Crippen LogP contribution in [0.1, 0.15) is 23.6 Å². The average Bonchev–Trinajstić information content (AvgIpc) is 3.17. The molecule has 0 unspecified atom stereocenters. The van der Waals surface area contributed by atoms with Crippen LogP contribution in [-0.4, -0.2) is 29.2 Å². The standard InChI is InChI=1S/C29H25IN2O3S/c1-3-15-35-27-24(30)16-23(17-25(27)34-4-2)18-26-28(33)32(20-22-13-9-6-10-14-22)29(36-26)31-19-21-11-7-5-8-12-21/h1,5-14,16-18H,4,15,19-20H2,2H3/b26-18+,31-29?. The van der Waals surface area contributed by atoms with E-state index in [1.54, 1.807) is 4.90 Å². The number of hydrogen-bond donors (Lipinski definition) is 0. The Balaban J connectivity index is 1.66. The molecule has 3 aromatic rings. The minimum Gasteiger partial charge on any atom is -0.490 e. The number of amidine groups is 1. The number of ether oxygens (including phenoxy) is 2. The lowest BCUT2D eigenvalue weighted by atomic mass is 10.1. The van der Waals surface area contributed by atoms with Gasteiger partial charge in [-0.3, -0.25) is 14.7 Å². The molecule has 182 valence electrons. The SMILES string of the molecule is C#CCOc1c(I)cc(/C=C2/SC(=NCc3ccccc3)N(Cc3ccccc3)C2=O)cc1OCC. The van der Waals surface area contributed by atoms with Crippen LogP contribution in [0, 0.1) is 15.9 Å². The van der Waals surface area contributed by atoms with Gasteiger partial charge in [-0.25, -0.2) is 0 Å². The molecule has 1 aliphatic rings. The first-order valence-electron chi connectivity index (χ1n) is 11.5. The fourth-order valence-corrected chi connectivity index (χ4v) is 5.37. The Hall–Kier alpha value is -3.22. The van der Waals surface area contributed by atoms with Crippen LogP contribution in [0.15, 0.2) is 82.7 Å². The maximum absolute atomic E-state index is 13.5. The van der Waals surface area contributed by atoms with E-state index in [4.69, 9.17) is 20.9 Å². The van der Waals surface area contributed by atoms with Gasteiger partial charge in [0.2, 0.25) is 0 Å². The van der Waals surface area contributed by atoms with E-state index in [-0.39, 0.29) is 12.5 Å². The molecule has 36 heavy (non-hydrogen) atoms. The Bertz CT molecular complexity index is 1320. The summed E-state index contributed by atoms with van der Waals surface area (Å²) in [6.45, 7) is 3.51. The Morgan fingerprint density at radius 1 is 1.06 bits per heavy atom. The quantitative estimate of drug-likeness (QED) is 0.161. The largest absolute Gasteiger partial charge is 0.490 e. The zero-order valence-electron chi connectivity index (χ0n) is 19.8. The summed E-state index contributed by atoms with van der Waals surface area (Å²) in [6.07, 6.45) is 7.24. The molecule has 7 heteroatoms. The third kappa shape index (κ3) is 6.50. The lowest BCUT2D eigenvalue weighted by Gasteiger charge is -2.16. The number of carbonyl (C=O) groups is 1. The summed E-state index contributed by atoms with van der Waals surface area (Å²) in [6, 6.07) is 23.8. The summed E-state index contributed by atoms with van der Waals surface area (Å²) in [5, 5.41) is 0.688. The maximum atomic E-state index is 13.5. The second-order valence-corrected chi connectivity index (χ2v) is 10.00. The van der Waals surface area contributed by atoms with Crippen LogP contribution in [0.2, 0.25) is 0 Å². The molecule has 1 aliphatic heterocycles. The first-order valence-corrected chi connectivity index (χ1v) is 13.3. The van der Waals surface area contributed by atoms with Gasteiger partial charge < -0.3 is 9.47 Å². The molecule has 0 aliphatic carbocycles. The summed E-state index contributed by atoms with van der Waals surface area (Å²) in [5.41, 5.74) is 2.98. The van der Waals surface area contributed by atoms with Crippen molar-refractivity contribution in [2.75, 3.05) is 13.2 Å². The van der Waals surface area contributed by atoms with Crippen LogP contribution in [0.25, 0.3) is 6.08 Å². The minimum atomic E-state index is -0.0729. The Kier molecular flexibility index (Phi) is 9.09. The fraction of sp³-hybridized carbons (Fsp3) is 0.172. The molecule has 0 spiro atoms. The molecule has 0 bridgehead atoms. The van der Waals surface area contributed by atoms with Crippen molar-refractivity contribution < 1.29 is 14.3 Å². The zero-order valence-corrected chi connectivity index (χ0v) is 22.8. The highest BCUT2D eigenvalue weighted by molar-refractivity contribution is 14.1. The van der Waals surface area contributed by atoms with Crippen molar-refractivity contribution in [1.82, 2.24) is 4.90 Å². The van der Waals surface area contributed by atoms with Crippen LogP contribution in [0.5, 0.6) is 11.5 Å². The van der Waals surface area contributed by atoms with Crippen LogP contribution < -0.4 is 9.47 Å². The second kappa shape index (κ2) is 12.7. The van der Waals surface area contributed by atoms with Gasteiger partial charge in [-0.05, 0) is 76.2 Å². The second-order valence-electron chi connectivity index (χ2n) is 7.83. The third-order valence-corrected chi connectivity index (χ3v) is 7.09. The van der Waals surface area contributed by atoms with Crippen molar-refractivity contribution in [3.8, 4) is 23.8 Å². The normalized spacial score (nSPS) is 15.4. The summed E-state index contributed by atoms with van der Waals surface area (Å²) in [5.74, 6) is 3.62. The Labute approximate surface area is 229 Å². The lowest BCUT2D eigenvalue weighted by Crippen LogP contribution is -2.28. The molecule has 1 saturated heterocycles. The number of thioether (sulfide) groups is 1. The summed E-state index contributed by atoms with van der Waals surface area (Å²) < 4.78 is 12.4. The van der Waals surface area contributed by atoms with Crippen molar-refractivity contribution in [3.63, 3.8) is 0 Å². The molecular weight excluding hydrogens is 583 g/mol. The Morgan fingerprint density at radius 2 is 1.75 bits per heavy atom. The van der Waals surface area contributed by atoms with Gasteiger partial charge in [0, 0.05) is 0 Å². The van der Waals surface area contributed by atoms with E-state index in [1.165, 1.54) is 11.8 Å². The molecule has 4 rings (SSSR count). The lowest BCUT2D eigenvalue weighted by molar-refractivity contribution is -0.122. The van der Waals surface area contributed by atoms with Crippen LogP contribution in [0.4, 0.5) is 0 Å². The van der Waals surface area contributed by atoms with Crippen LogP contribution >= 0.6 is 34.4 Å². The predicted octanol–water partition coefficient (Wildman–Crippen LogP) is 6.37.